The highest BCUT2D eigenvalue weighted by molar-refractivity contribution is 5.82. The molecule has 100 valence electrons. The van der Waals surface area contributed by atoms with Gasteiger partial charge in [0.1, 0.15) is 5.78 Å². The number of rotatable bonds is 3. The van der Waals surface area contributed by atoms with Gasteiger partial charge in [0, 0.05) is 5.41 Å². The van der Waals surface area contributed by atoms with E-state index in [-0.39, 0.29) is 11.2 Å². The van der Waals surface area contributed by atoms with Gasteiger partial charge >= 0.3 is 0 Å². The molecule has 0 unspecified atom stereocenters. The van der Waals surface area contributed by atoms with Crippen LogP contribution < -0.4 is 0 Å². The van der Waals surface area contributed by atoms with Crippen molar-refractivity contribution in [3.63, 3.8) is 0 Å². The Labute approximate surface area is 112 Å². The van der Waals surface area contributed by atoms with Crippen molar-refractivity contribution < 1.29 is 4.79 Å². The second-order valence-corrected chi connectivity index (χ2v) is 6.22. The van der Waals surface area contributed by atoms with E-state index in [2.05, 4.69) is 34.6 Å². The van der Waals surface area contributed by atoms with Crippen LogP contribution in [0, 0.1) is 40.0 Å². The van der Waals surface area contributed by atoms with Gasteiger partial charge in [0.2, 0.25) is 0 Å². The Bertz CT molecular complexity index is 464. The van der Waals surface area contributed by atoms with Crippen molar-refractivity contribution in [3.8, 4) is 0 Å². The molecule has 0 spiro atoms. The smallest absolute Gasteiger partial charge is 0.135 e. The van der Waals surface area contributed by atoms with Gasteiger partial charge in [-0.3, -0.25) is 4.79 Å². The third-order valence-electron chi connectivity index (χ3n) is 4.73. The Morgan fingerprint density at radius 2 is 1.17 bits per heavy atom. The minimum absolute atomic E-state index is 0.261. The summed E-state index contributed by atoms with van der Waals surface area (Å²) in [5.74, 6) is 0.261. The van der Waals surface area contributed by atoms with Crippen molar-refractivity contribution in [2.45, 2.75) is 61.8 Å². The zero-order valence-electron chi connectivity index (χ0n) is 13.1. The van der Waals surface area contributed by atoms with Crippen molar-refractivity contribution >= 4 is 5.78 Å². The molecule has 0 saturated carbocycles. The monoisotopic (exact) mass is 246 g/mol. The summed E-state index contributed by atoms with van der Waals surface area (Å²) in [7, 11) is 0. The third kappa shape index (κ3) is 2.50. The number of carbonyl (C=O) groups is 1. The van der Waals surface area contributed by atoms with E-state index in [0.717, 1.165) is 6.42 Å². The lowest BCUT2D eigenvalue weighted by molar-refractivity contribution is -0.124. The standard InChI is InChI=1S/C17H26O/c1-10-11(2)13(4)16(14(5)12(10)3)9-17(7,8)15(6)18/h9H2,1-8H3. The minimum Gasteiger partial charge on any atom is -0.299 e. The Kier molecular flexibility index (Phi) is 4.05. The molecule has 0 heterocycles. The lowest BCUT2D eigenvalue weighted by Gasteiger charge is -2.26. The molecule has 0 radical (unpaired) electrons. The van der Waals surface area contributed by atoms with Crippen LogP contribution in [0.15, 0.2) is 0 Å². The fourth-order valence-electron chi connectivity index (χ4n) is 2.41. The van der Waals surface area contributed by atoms with Crippen LogP contribution in [0.4, 0.5) is 0 Å². The van der Waals surface area contributed by atoms with Gasteiger partial charge < -0.3 is 0 Å². The number of Topliss-reactive ketones (excluding diaryl/α,β-unsaturated/α-hetero) is 1. The highest BCUT2D eigenvalue weighted by Crippen LogP contribution is 2.31. The first kappa shape index (κ1) is 14.9. The molecule has 0 aliphatic rings. The molecule has 1 nitrogen and oxygen atoms in total. The first-order valence-corrected chi connectivity index (χ1v) is 6.66. The van der Waals surface area contributed by atoms with Crippen LogP contribution in [0.5, 0.6) is 0 Å². The van der Waals surface area contributed by atoms with Gasteiger partial charge in [-0.15, -0.1) is 0 Å². The Hall–Kier alpha value is -1.11. The van der Waals surface area contributed by atoms with Crippen LogP contribution in [0.2, 0.25) is 0 Å². The third-order valence-corrected chi connectivity index (χ3v) is 4.73. The van der Waals surface area contributed by atoms with Crippen LogP contribution in [0.3, 0.4) is 0 Å². The highest BCUT2D eigenvalue weighted by Gasteiger charge is 2.26. The van der Waals surface area contributed by atoms with E-state index in [4.69, 9.17) is 0 Å². The summed E-state index contributed by atoms with van der Waals surface area (Å²) < 4.78 is 0. The van der Waals surface area contributed by atoms with Crippen molar-refractivity contribution in [1.82, 2.24) is 0 Å². The highest BCUT2D eigenvalue weighted by atomic mass is 16.1. The van der Waals surface area contributed by atoms with E-state index >= 15 is 0 Å². The number of ketones is 1. The number of benzene rings is 1. The topological polar surface area (TPSA) is 17.1 Å². The van der Waals surface area contributed by atoms with Crippen molar-refractivity contribution in [2.75, 3.05) is 0 Å². The molecular weight excluding hydrogens is 220 g/mol. The lowest BCUT2D eigenvalue weighted by atomic mass is 9.77. The fraction of sp³-hybridized carbons (Fsp3) is 0.588. The van der Waals surface area contributed by atoms with E-state index in [1.165, 1.54) is 33.4 Å². The largest absolute Gasteiger partial charge is 0.299 e. The van der Waals surface area contributed by atoms with E-state index in [1.807, 2.05) is 13.8 Å². The lowest BCUT2D eigenvalue weighted by Crippen LogP contribution is -2.25. The average molecular weight is 246 g/mol. The summed E-state index contributed by atoms with van der Waals surface area (Å²) in [4.78, 5) is 11.7. The van der Waals surface area contributed by atoms with Crippen LogP contribution >= 0.6 is 0 Å². The summed E-state index contributed by atoms with van der Waals surface area (Å²) in [6, 6.07) is 0. The molecule has 0 aromatic heterocycles. The molecular formula is C17H26O. The van der Waals surface area contributed by atoms with Crippen LogP contribution in [-0.4, -0.2) is 5.78 Å². The summed E-state index contributed by atoms with van der Waals surface area (Å²) >= 11 is 0. The van der Waals surface area contributed by atoms with Gasteiger partial charge in [-0.25, -0.2) is 0 Å². The molecule has 0 bridgehead atoms. The molecule has 1 aromatic rings. The number of hydrogen-bond donors (Lipinski definition) is 0. The van der Waals surface area contributed by atoms with Crippen LogP contribution in [0.1, 0.15) is 54.2 Å². The molecule has 0 N–H and O–H groups in total. The Balaban J connectivity index is 3.39. The van der Waals surface area contributed by atoms with E-state index in [1.54, 1.807) is 6.92 Å². The molecule has 18 heavy (non-hydrogen) atoms. The van der Waals surface area contributed by atoms with Gasteiger partial charge in [-0.2, -0.15) is 0 Å². The average Bonchev–Trinajstić information content (AvgIpc) is 2.29. The molecule has 1 rings (SSSR count). The van der Waals surface area contributed by atoms with Gasteiger partial charge in [0.05, 0.1) is 0 Å². The second-order valence-electron chi connectivity index (χ2n) is 6.22. The molecule has 1 heteroatoms. The summed E-state index contributed by atoms with van der Waals surface area (Å²) in [5.41, 5.74) is 7.91. The van der Waals surface area contributed by atoms with E-state index < -0.39 is 0 Å². The predicted octanol–water partition coefficient (Wildman–Crippen LogP) is 4.39. The molecule has 0 atom stereocenters. The number of hydrogen-bond acceptors (Lipinski definition) is 1. The maximum atomic E-state index is 11.7. The van der Waals surface area contributed by atoms with E-state index in [9.17, 15) is 4.79 Å². The molecule has 0 saturated heterocycles. The SMILES string of the molecule is CC(=O)C(C)(C)Cc1c(C)c(C)c(C)c(C)c1C. The van der Waals surface area contributed by atoms with Crippen LogP contribution in [-0.2, 0) is 11.2 Å². The van der Waals surface area contributed by atoms with Gasteiger partial charge in [0.25, 0.3) is 0 Å². The first-order valence-electron chi connectivity index (χ1n) is 6.66. The van der Waals surface area contributed by atoms with Gasteiger partial charge in [-0.05, 0) is 81.3 Å². The van der Waals surface area contributed by atoms with Crippen molar-refractivity contribution in [2.24, 2.45) is 5.41 Å². The molecule has 0 aliphatic carbocycles. The minimum atomic E-state index is -0.274. The Morgan fingerprint density at radius 1 is 0.833 bits per heavy atom. The van der Waals surface area contributed by atoms with Gasteiger partial charge in [-0.1, -0.05) is 13.8 Å². The van der Waals surface area contributed by atoms with Crippen molar-refractivity contribution in [1.29, 1.82) is 0 Å². The first-order chi connectivity index (χ1) is 8.09. The maximum Gasteiger partial charge on any atom is 0.135 e. The second kappa shape index (κ2) is 4.87. The molecule has 0 fully saturated rings. The van der Waals surface area contributed by atoms with Crippen LogP contribution in [0.25, 0.3) is 0 Å². The summed E-state index contributed by atoms with van der Waals surface area (Å²) in [5, 5.41) is 0. The zero-order chi connectivity index (χ0) is 14.2. The van der Waals surface area contributed by atoms with Gasteiger partial charge in [0.15, 0.2) is 0 Å². The Morgan fingerprint density at radius 3 is 1.50 bits per heavy atom. The molecule has 0 amide bonds. The van der Waals surface area contributed by atoms with Crippen molar-refractivity contribution in [3.05, 3.63) is 33.4 Å². The molecule has 1 aromatic carbocycles. The number of carbonyl (C=O) groups excluding carboxylic acids is 1. The molecule has 0 aliphatic heterocycles. The zero-order valence-corrected chi connectivity index (χ0v) is 13.1. The summed E-state index contributed by atoms with van der Waals surface area (Å²) in [6.45, 7) is 16.7. The fourth-order valence-corrected chi connectivity index (χ4v) is 2.41. The summed E-state index contributed by atoms with van der Waals surface area (Å²) in [6.07, 6.45) is 0.835. The predicted molar refractivity (Wildman–Crippen MR) is 78.3 cm³/mol. The normalized spacial score (nSPS) is 11.8. The van der Waals surface area contributed by atoms with E-state index in [0.29, 0.717) is 0 Å². The maximum absolute atomic E-state index is 11.7. The quantitative estimate of drug-likeness (QED) is 0.773.